The van der Waals surface area contributed by atoms with Gasteiger partial charge in [-0.3, -0.25) is 4.79 Å². The number of carbonyl (C=O) groups excluding carboxylic acids is 1. The minimum Gasteiger partial charge on any atom is -0.353 e. The Morgan fingerprint density at radius 1 is 1.00 bits per heavy atom. The van der Waals surface area contributed by atoms with Crippen LogP contribution in [0.5, 0.6) is 0 Å². The molecule has 0 radical (unpaired) electrons. The number of aliphatic imine (C=N–C) groups is 1. The fourth-order valence-electron chi connectivity index (χ4n) is 4.40. The van der Waals surface area contributed by atoms with E-state index in [2.05, 4.69) is 11.6 Å². The third kappa shape index (κ3) is 7.25. The minimum absolute atomic E-state index is 0.000185. The Balaban J connectivity index is 1.61. The second-order valence-corrected chi connectivity index (χ2v) is 9.47. The van der Waals surface area contributed by atoms with Crippen LogP contribution < -0.4 is 9.80 Å². The molecule has 1 amide bonds. The highest BCUT2D eigenvalue weighted by atomic mass is 35.5. The van der Waals surface area contributed by atoms with Gasteiger partial charge in [-0.15, -0.1) is 0 Å². The van der Waals surface area contributed by atoms with E-state index in [4.69, 9.17) is 21.6 Å². The number of anilines is 2. The first-order valence-corrected chi connectivity index (χ1v) is 12.7. The topological polar surface area (TPSA) is 68.2 Å². The SMILES string of the molecule is C=C/C=N\C(=C\C(F)(F)F)N1CCN(c2cc(-c3ccc(F)c(Cl)c3)nc(N3CCN(C(C)=O)CC3)n2)CC1. The molecule has 39 heavy (non-hydrogen) atoms. The lowest BCUT2D eigenvalue weighted by molar-refractivity contribution is -0.129. The zero-order valence-electron chi connectivity index (χ0n) is 21.3. The Labute approximate surface area is 228 Å². The first-order chi connectivity index (χ1) is 18.5. The number of nitrogens with zero attached hydrogens (tertiary/aromatic N) is 7. The summed E-state index contributed by atoms with van der Waals surface area (Å²) in [5.41, 5.74) is 1.13. The van der Waals surface area contributed by atoms with Gasteiger partial charge in [-0.05, 0) is 18.2 Å². The lowest BCUT2D eigenvalue weighted by Gasteiger charge is -2.38. The molecule has 0 unspecified atom stereocenters. The maximum absolute atomic E-state index is 13.8. The van der Waals surface area contributed by atoms with Crippen molar-refractivity contribution >= 4 is 35.5 Å². The molecule has 1 aromatic heterocycles. The van der Waals surface area contributed by atoms with E-state index in [1.54, 1.807) is 21.9 Å². The highest BCUT2D eigenvalue weighted by Gasteiger charge is 2.29. The van der Waals surface area contributed by atoms with Gasteiger partial charge in [0.1, 0.15) is 17.5 Å². The number of piperazine rings is 2. The molecular weight excluding hydrogens is 538 g/mol. The molecule has 0 saturated carbocycles. The van der Waals surface area contributed by atoms with Crippen LogP contribution in [-0.4, -0.2) is 90.4 Å². The van der Waals surface area contributed by atoms with E-state index in [1.165, 1.54) is 31.3 Å². The summed E-state index contributed by atoms with van der Waals surface area (Å²) in [6.07, 6.45) is -1.78. The molecule has 208 valence electrons. The summed E-state index contributed by atoms with van der Waals surface area (Å²) in [5.74, 6) is 0.297. The zero-order chi connectivity index (χ0) is 28.2. The van der Waals surface area contributed by atoms with Crippen LogP contribution in [0.15, 0.2) is 53.8 Å². The smallest absolute Gasteiger partial charge is 0.353 e. The van der Waals surface area contributed by atoms with E-state index in [0.717, 1.165) is 0 Å². The van der Waals surface area contributed by atoms with Gasteiger partial charge in [-0.25, -0.2) is 14.4 Å². The Hall–Kier alpha value is -3.67. The van der Waals surface area contributed by atoms with Crippen LogP contribution >= 0.6 is 11.6 Å². The normalized spacial score (nSPS) is 17.2. The zero-order valence-corrected chi connectivity index (χ0v) is 22.1. The van der Waals surface area contributed by atoms with E-state index >= 15 is 0 Å². The summed E-state index contributed by atoms with van der Waals surface area (Å²) in [6, 6.07) is 6.09. The van der Waals surface area contributed by atoms with Crippen molar-refractivity contribution in [2.24, 2.45) is 4.99 Å². The van der Waals surface area contributed by atoms with Gasteiger partial charge >= 0.3 is 6.18 Å². The van der Waals surface area contributed by atoms with Crippen LogP contribution in [0.3, 0.4) is 0 Å². The highest BCUT2D eigenvalue weighted by molar-refractivity contribution is 6.31. The summed E-state index contributed by atoms with van der Waals surface area (Å²) in [4.78, 5) is 32.4. The number of carbonyl (C=O) groups is 1. The number of halogens is 5. The summed E-state index contributed by atoms with van der Waals surface area (Å²) in [7, 11) is 0. The second kappa shape index (κ2) is 12.0. The number of alkyl halides is 3. The summed E-state index contributed by atoms with van der Waals surface area (Å²) < 4.78 is 53.1. The number of hydrogen-bond donors (Lipinski definition) is 0. The molecule has 3 heterocycles. The standard InChI is InChI=1S/C26H28ClF4N7O/c1-3-6-32-24(17-26(29,30)31)37-11-9-36(10-12-37)23-16-22(19-4-5-21(28)20(27)15-19)33-25(34-23)38-13-7-35(8-14-38)18(2)39/h3-6,15-17H,1,7-14H2,2H3/b24-17-,32-6-. The van der Waals surface area contributed by atoms with Gasteiger partial charge < -0.3 is 19.6 Å². The monoisotopic (exact) mass is 565 g/mol. The molecule has 2 aliphatic heterocycles. The number of amides is 1. The van der Waals surface area contributed by atoms with E-state index in [1.807, 2.05) is 9.80 Å². The average Bonchev–Trinajstić information content (AvgIpc) is 2.92. The molecule has 1 aromatic carbocycles. The van der Waals surface area contributed by atoms with Gasteiger partial charge in [-0.2, -0.15) is 18.2 Å². The van der Waals surface area contributed by atoms with Crippen molar-refractivity contribution in [3.63, 3.8) is 0 Å². The average molecular weight is 566 g/mol. The maximum Gasteiger partial charge on any atom is 0.413 e. The van der Waals surface area contributed by atoms with Gasteiger partial charge in [-0.1, -0.05) is 24.3 Å². The van der Waals surface area contributed by atoms with Crippen molar-refractivity contribution < 1.29 is 22.4 Å². The van der Waals surface area contributed by atoms with E-state index in [0.29, 0.717) is 62.3 Å². The molecule has 2 fully saturated rings. The van der Waals surface area contributed by atoms with Crippen LogP contribution in [-0.2, 0) is 4.79 Å². The number of hydrogen-bond acceptors (Lipinski definition) is 7. The van der Waals surface area contributed by atoms with E-state index < -0.39 is 12.0 Å². The van der Waals surface area contributed by atoms with Gasteiger partial charge in [0.15, 0.2) is 0 Å². The molecule has 0 N–H and O–H groups in total. The van der Waals surface area contributed by atoms with Crippen LogP contribution in [0.1, 0.15) is 6.92 Å². The molecule has 8 nitrogen and oxygen atoms in total. The van der Waals surface area contributed by atoms with Crippen molar-refractivity contribution in [2.75, 3.05) is 62.2 Å². The Bertz CT molecular complexity index is 1270. The highest BCUT2D eigenvalue weighted by Crippen LogP contribution is 2.29. The molecule has 4 rings (SSSR count). The molecule has 0 bridgehead atoms. The summed E-state index contributed by atoms with van der Waals surface area (Å²) in [6.45, 7) is 8.47. The maximum atomic E-state index is 13.8. The second-order valence-electron chi connectivity index (χ2n) is 9.07. The fraction of sp³-hybridized carbons (Fsp3) is 0.385. The number of benzene rings is 1. The van der Waals surface area contributed by atoms with Gasteiger partial charge in [0.25, 0.3) is 0 Å². The lowest BCUT2D eigenvalue weighted by atomic mass is 10.1. The first kappa shape index (κ1) is 28.3. The largest absolute Gasteiger partial charge is 0.413 e. The van der Waals surface area contributed by atoms with Crippen molar-refractivity contribution in [1.82, 2.24) is 19.8 Å². The molecule has 0 atom stereocenters. The Kier molecular flexibility index (Phi) is 8.73. The summed E-state index contributed by atoms with van der Waals surface area (Å²) >= 11 is 6.03. The molecule has 2 saturated heterocycles. The van der Waals surface area contributed by atoms with Crippen LogP contribution in [0.2, 0.25) is 5.02 Å². The molecule has 0 aliphatic carbocycles. The van der Waals surface area contributed by atoms with Crippen LogP contribution in [0.4, 0.5) is 29.3 Å². The molecule has 2 aromatic rings. The predicted molar refractivity (Wildman–Crippen MR) is 144 cm³/mol. The Morgan fingerprint density at radius 2 is 1.64 bits per heavy atom. The molecule has 13 heteroatoms. The van der Waals surface area contributed by atoms with Crippen LogP contribution in [0.25, 0.3) is 11.3 Å². The molecular formula is C26H28ClF4N7O. The number of allylic oxidation sites excluding steroid dienone is 2. The molecule has 0 spiro atoms. The predicted octanol–water partition coefficient (Wildman–Crippen LogP) is 4.39. The van der Waals surface area contributed by atoms with Crippen molar-refractivity contribution in [3.8, 4) is 11.3 Å². The third-order valence-corrected chi connectivity index (χ3v) is 6.75. The number of aromatic nitrogens is 2. The number of rotatable bonds is 6. The van der Waals surface area contributed by atoms with Gasteiger partial charge in [0, 0.05) is 77.1 Å². The first-order valence-electron chi connectivity index (χ1n) is 12.3. The van der Waals surface area contributed by atoms with Crippen molar-refractivity contribution in [3.05, 3.63) is 59.7 Å². The van der Waals surface area contributed by atoms with E-state index in [9.17, 15) is 22.4 Å². The van der Waals surface area contributed by atoms with Crippen molar-refractivity contribution in [2.45, 2.75) is 13.1 Å². The Morgan fingerprint density at radius 3 is 2.23 bits per heavy atom. The quantitative estimate of drug-likeness (QED) is 0.382. The van der Waals surface area contributed by atoms with Crippen LogP contribution in [0, 0.1) is 5.82 Å². The summed E-state index contributed by atoms with van der Waals surface area (Å²) in [5, 5.41) is -0.0399. The van der Waals surface area contributed by atoms with E-state index in [-0.39, 0.29) is 35.9 Å². The van der Waals surface area contributed by atoms with Gasteiger partial charge in [0.2, 0.25) is 11.9 Å². The lowest BCUT2D eigenvalue weighted by Crippen LogP contribution is -2.49. The van der Waals surface area contributed by atoms with Gasteiger partial charge in [0.05, 0.1) is 16.8 Å². The van der Waals surface area contributed by atoms with Crippen molar-refractivity contribution in [1.29, 1.82) is 0 Å². The fourth-order valence-corrected chi connectivity index (χ4v) is 4.58. The molecule has 2 aliphatic rings. The third-order valence-electron chi connectivity index (χ3n) is 6.46. The minimum atomic E-state index is -4.51.